The van der Waals surface area contributed by atoms with E-state index in [1.54, 1.807) is 13.3 Å². The van der Waals surface area contributed by atoms with Gasteiger partial charge in [-0.2, -0.15) is 0 Å². The molecule has 0 aliphatic carbocycles. The number of nitrogens with zero attached hydrogens (tertiary/aromatic N) is 4. The number of anilines is 1. The fourth-order valence-electron chi connectivity index (χ4n) is 2.79. The molecular weight excluding hydrogens is 338 g/mol. The molecule has 1 N–H and O–H groups in total. The zero-order chi connectivity index (χ0) is 18.9. The Morgan fingerprint density at radius 2 is 1.74 bits per heavy atom. The van der Waals surface area contributed by atoms with E-state index in [4.69, 9.17) is 4.74 Å². The molecule has 0 aromatic carbocycles. The molecule has 0 unspecified atom stereocenters. The molecule has 0 aliphatic rings. The quantitative estimate of drug-likeness (QED) is 0.586. The Morgan fingerprint density at radius 3 is 2.48 bits per heavy atom. The monoisotopic (exact) mass is 363 g/mol. The molecule has 0 saturated carbocycles. The van der Waals surface area contributed by atoms with Crippen molar-refractivity contribution in [3.63, 3.8) is 0 Å². The minimum absolute atomic E-state index is 0.663. The first kappa shape index (κ1) is 18.8. The number of ether oxygens (including phenoxy) is 1. The predicted molar refractivity (Wildman–Crippen MR) is 106 cm³/mol. The number of pyridine rings is 2. The highest BCUT2D eigenvalue weighted by molar-refractivity contribution is 5.28. The van der Waals surface area contributed by atoms with Crippen LogP contribution in [0.15, 0.2) is 49.1 Å². The predicted octanol–water partition coefficient (Wildman–Crippen LogP) is 3.61. The molecule has 3 heterocycles. The van der Waals surface area contributed by atoms with Crippen molar-refractivity contribution in [2.75, 3.05) is 19.0 Å². The molecule has 3 aromatic heterocycles. The molecule has 0 amide bonds. The number of unbranched alkanes of at least 4 members (excludes halogenated alkanes) is 1. The summed E-state index contributed by atoms with van der Waals surface area (Å²) in [6.45, 7) is 2.82. The van der Waals surface area contributed by atoms with Crippen LogP contribution in [0.1, 0.15) is 35.4 Å². The fourth-order valence-corrected chi connectivity index (χ4v) is 2.79. The zero-order valence-corrected chi connectivity index (χ0v) is 15.9. The van der Waals surface area contributed by atoms with Gasteiger partial charge in [0.05, 0.1) is 12.8 Å². The van der Waals surface area contributed by atoms with Gasteiger partial charge in [0.25, 0.3) is 0 Å². The molecule has 0 fully saturated rings. The molecule has 0 atom stereocenters. The summed E-state index contributed by atoms with van der Waals surface area (Å²) in [4.78, 5) is 17.5. The van der Waals surface area contributed by atoms with Crippen molar-refractivity contribution >= 4 is 5.95 Å². The van der Waals surface area contributed by atoms with Gasteiger partial charge in [0.1, 0.15) is 5.75 Å². The SMILES string of the molecule is COc1cccnc1CCCCNc1ncc(Cc2ccc(C)nc2)cn1. The molecule has 6 heteroatoms. The number of rotatable bonds is 9. The highest BCUT2D eigenvalue weighted by Gasteiger charge is 2.03. The van der Waals surface area contributed by atoms with E-state index < -0.39 is 0 Å². The van der Waals surface area contributed by atoms with Gasteiger partial charge in [0.15, 0.2) is 0 Å². The summed E-state index contributed by atoms with van der Waals surface area (Å²) in [5, 5.41) is 3.27. The van der Waals surface area contributed by atoms with Crippen molar-refractivity contribution in [2.24, 2.45) is 0 Å². The third kappa shape index (κ3) is 5.74. The van der Waals surface area contributed by atoms with Gasteiger partial charge in [-0.25, -0.2) is 9.97 Å². The van der Waals surface area contributed by atoms with E-state index in [1.807, 2.05) is 43.7 Å². The number of methoxy groups -OCH3 is 1. The summed E-state index contributed by atoms with van der Waals surface area (Å²) >= 11 is 0. The van der Waals surface area contributed by atoms with E-state index in [0.717, 1.165) is 60.5 Å². The molecule has 3 aromatic rings. The third-order valence-electron chi connectivity index (χ3n) is 4.28. The molecule has 6 nitrogen and oxygen atoms in total. The number of hydrogen-bond donors (Lipinski definition) is 1. The van der Waals surface area contributed by atoms with E-state index in [0.29, 0.717) is 5.95 Å². The third-order valence-corrected chi connectivity index (χ3v) is 4.28. The first-order valence-electron chi connectivity index (χ1n) is 9.19. The molecule has 0 bridgehead atoms. The Kier molecular flexibility index (Phi) is 6.68. The maximum absolute atomic E-state index is 5.33. The van der Waals surface area contributed by atoms with E-state index in [9.17, 15) is 0 Å². The maximum atomic E-state index is 5.33. The van der Waals surface area contributed by atoms with Crippen LogP contribution in [0.5, 0.6) is 5.75 Å². The lowest BCUT2D eigenvalue weighted by Gasteiger charge is -2.08. The van der Waals surface area contributed by atoms with Gasteiger partial charge in [-0.15, -0.1) is 0 Å². The van der Waals surface area contributed by atoms with Crippen LogP contribution in [0, 0.1) is 6.92 Å². The van der Waals surface area contributed by atoms with Crippen molar-refractivity contribution in [2.45, 2.75) is 32.6 Å². The highest BCUT2D eigenvalue weighted by atomic mass is 16.5. The van der Waals surface area contributed by atoms with Crippen molar-refractivity contribution in [3.05, 3.63) is 71.6 Å². The number of aromatic nitrogens is 4. The second kappa shape index (κ2) is 9.62. The number of nitrogens with one attached hydrogen (secondary N) is 1. The Morgan fingerprint density at radius 1 is 0.926 bits per heavy atom. The van der Waals surface area contributed by atoms with Gasteiger partial charge in [-0.05, 0) is 55.5 Å². The average Bonchev–Trinajstić information content (AvgIpc) is 2.71. The van der Waals surface area contributed by atoms with Crippen molar-refractivity contribution < 1.29 is 4.74 Å². The van der Waals surface area contributed by atoms with Crippen molar-refractivity contribution in [1.82, 2.24) is 19.9 Å². The molecule has 3 rings (SSSR count). The molecule has 27 heavy (non-hydrogen) atoms. The van der Waals surface area contributed by atoms with E-state index in [1.165, 1.54) is 0 Å². The topological polar surface area (TPSA) is 72.8 Å². The number of hydrogen-bond acceptors (Lipinski definition) is 6. The van der Waals surface area contributed by atoms with Crippen LogP contribution in [0.3, 0.4) is 0 Å². The maximum Gasteiger partial charge on any atom is 0.222 e. The second-order valence-corrected chi connectivity index (χ2v) is 6.44. The zero-order valence-electron chi connectivity index (χ0n) is 15.9. The first-order valence-corrected chi connectivity index (χ1v) is 9.19. The second-order valence-electron chi connectivity index (χ2n) is 6.44. The van der Waals surface area contributed by atoms with E-state index in [2.05, 4.69) is 31.3 Å². The summed E-state index contributed by atoms with van der Waals surface area (Å²) < 4.78 is 5.33. The van der Waals surface area contributed by atoms with Gasteiger partial charge in [-0.3, -0.25) is 9.97 Å². The van der Waals surface area contributed by atoms with Gasteiger partial charge < -0.3 is 10.1 Å². The Bertz CT molecular complexity index is 834. The highest BCUT2D eigenvalue weighted by Crippen LogP contribution is 2.16. The summed E-state index contributed by atoms with van der Waals surface area (Å²) in [7, 11) is 1.68. The summed E-state index contributed by atoms with van der Waals surface area (Å²) in [6, 6.07) is 7.95. The molecular formula is C21H25N5O. The molecule has 0 radical (unpaired) electrons. The van der Waals surface area contributed by atoms with Crippen LogP contribution >= 0.6 is 0 Å². The molecule has 0 aliphatic heterocycles. The standard InChI is InChI=1S/C21H25N5O/c1-16-8-9-17(13-24-16)12-18-14-25-21(26-15-18)23-10-4-3-6-19-20(27-2)7-5-11-22-19/h5,7-9,11,13-15H,3-4,6,10,12H2,1-2H3,(H,23,25,26). The van der Waals surface area contributed by atoms with Gasteiger partial charge in [0.2, 0.25) is 5.95 Å². The largest absolute Gasteiger partial charge is 0.495 e. The normalized spacial score (nSPS) is 10.6. The summed E-state index contributed by atoms with van der Waals surface area (Å²) in [5.41, 5.74) is 4.27. The Hall–Kier alpha value is -3.02. The van der Waals surface area contributed by atoms with Gasteiger partial charge in [-0.1, -0.05) is 6.07 Å². The van der Waals surface area contributed by atoms with Crippen LogP contribution in [0.25, 0.3) is 0 Å². The van der Waals surface area contributed by atoms with Crippen LogP contribution in [-0.2, 0) is 12.8 Å². The Balaban J connectivity index is 1.40. The minimum Gasteiger partial charge on any atom is -0.495 e. The Labute approximate surface area is 160 Å². The lowest BCUT2D eigenvalue weighted by atomic mass is 10.1. The van der Waals surface area contributed by atoms with Gasteiger partial charge in [0, 0.05) is 43.4 Å². The van der Waals surface area contributed by atoms with Crippen molar-refractivity contribution in [1.29, 1.82) is 0 Å². The first-order chi connectivity index (χ1) is 13.2. The summed E-state index contributed by atoms with van der Waals surface area (Å²) in [5.74, 6) is 1.52. The van der Waals surface area contributed by atoms with Crippen LogP contribution in [0.4, 0.5) is 5.95 Å². The lowest BCUT2D eigenvalue weighted by molar-refractivity contribution is 0.406. The van der Waals surface area contributed by atoms with Crippen LogP contribution in [-0.4, -0.2) is 33.6 Å². The molecule has 0 spiro atoms. The van der Waals surface area contributed by atoms with Gasteiger partial charge >= 0.3 is 0 Å². The molecule has 0 saturated heterocycles. The van der Waals surface area contributed by atoms with E-state index in [-0.39, 0.29) is 0 Å². The van der Waals surface area contributed by atoms with E-state index >= 15 is 0 Å². The fraction of sp³-hybridized carbons (Fsp3) is 0.333. The van der Waals surface area contributed by atoms with Crippen LogP contribution < -0.4 is 10.1 Å². The average molecular weight is 363 g/mol. The lowest BCUT2D eigenvalue weighted by Crippen LogP contribution is -2.06. The van der Waals surface area contributed by atoms with Crippen LogP contribution in [0.2, 0.25) is 0 Å². The summed E-state index contributed by atoms with van der Waals surface area (Å²) in [6.07, 6.45) is 11.2. The minimum atomic E-state index is 0.663. The smallest absolute Gasteiger partial charge is 0.222 e. The van der Waals surface area contributed by atoms with Crippen molar-refractivity contribution in [3.8, 4) is 5.75 Å². The number of aryl methyl sites for hydroxylation is 2. The molecule has 140 valence electrons.